The molecular formula is C24H24F3N2O11PS. The van der Waals surface area contributed by atoms with Crippen LogP contribution in [0, 0.1) is 0 Å². The summed E-state index contributed by atoms with van der Waals surface area (Å²) >= 11 is 5.50. The molecule has 2 heterocycles. The number of aliphatic hydroxyl groups is 2. The highest BCUT2D eigenvalue weighted by atomic mass is 32.5. The minimum atomic E-state index is -4.05. The van der Waals surface area contributed by atoms with Gasteiger partial charge in [0.2, 0.25) is 0 Å². The number of hydrogen-bond acceptors (Lipinski definition) is 12. The Bertz CT molecular complexity index is 1490. The van der Waals surface area contributed by atoms with Crippen molar-refractivity contribution in [3.05, 3.63) is 75.6 Å². The molecule has 0 amide bonds. The predicted molar refractivity (Wildman–Crippen MR) is 141 cm³/mol. The van der Waals surface area contributed by atoms with Crippen molar-refractivity contribution in [3.63, 3.8) is 0 Å². The number of nitrogens with one attached hydrogen (secondary N) is 1. The molecule has 4 atom stereocenters. The molecule has 2 aromatic carbocycles. The molecule has 3 N–H and O–H groups in total. The van der Waals surface area contributed by atoms with E-state index >= 15 is 0 Å². The highest BCUT2D eigenvalue weighted by Gasteiger charge is 2.61. The second-order valence-electron chi connectivity index (χ2n) is 8.69. The highest BCUT2D eigenvalue weighted by Crippen LogP contribution is 2.53. The van der Waals surface area contributed by atoms with E-state index in [4.69, 9.17) is 39.6 Å². The number of benzene rings is 2. The van der Waals surface area contributed by atoms with Crippen molar-refractivity contribution < 1.29 is 56.2 Å². The summed E-state index contributed by atoms with van der Waals surface area (Å²) in [4.78, 5) is 29.0. The topological polar surface area (TPSA) is 160 Å². The van der Waals surface area contributed by atoms with Crippen LogP contribution in [0.1, 0.15) is 6.23 Å². The van der Waals surface area contributed by atoms with Crippen LogP contribution < -0.4 is 34.7 Å². The number of alkyl halides is 2. The minimum Gasteiger partial charge on any atom is -0.497 e. The van der Waals surface area contributed by atoms with Gasteiger partial charge in [-0.2, -0.15) is 0 Å². The molecule has 1 aliphatic heterocycles. The highest BCUT2D eigenvalue weighted by molar-refractivity contribution is 8.07. The molecule has 1 saturated heterocycles. The maximum atomic E-state index is 14.6. The first-order valence-corrected chi connectivity index (χ1v) is 14.4. The van der Waals surface area contributed by atoms with Gasteiger partial charge < -0.3 is 33.5 Å². The fourth-order valence-electron chi connectivity index (χ4n) is 3.89. The minimum absolute atomic E-state index is 0.114. The number of rotatable bonds is 12. The molecule has 1 aliphatic rings. The molecule has 0 bridgehead atoms. The van der Waals surface area contributed by atoms with Crippen molar-refractivity contribution in [1.82, 2.24) is 9.55 Å². The molecule has 0 aliphatic carbocycles. The van der Waals surface area contributed by atoms with Crippen molar-refractivity contribution in [2.24, 2.45) is 0 Å². The number of aliphatic hydroxyl groups excluding tert-OH is 2. The molecule has 1 aromatic heterocycles. The molecule has 13 nitrogen and oxygen atoms in total. The van der Waals surface area contributed by atoms with Gasteiger partial charge in [0, 0.05) is 16.3 Å². The Morgan fingerprint density at radius 3 is 1.95 bits per heavy atom. The summed E-state index contributed by atoms with van der Waals surface area (Å²) in [6, 6.07) is 12.0. The van der Waals surface area contributed by atoms with E-state index in [1.54, 1.807) is 4.98 Å². The van der Waals surface area contributed by atoms with Gasteiger partial charge in [-0.15, -0.1) is 0 Å². The van der Waals surface area contributed by atoms with Crippen LogP contribution in [-0.4, -0.2) is 64.8 Å². The Balaban J connectivity index is 1.66. The molecule has 0 radical (unpaired) electrons. The smallest absolute Gasteiger partial charge is 0.435 e. The summed E-state index contributed by atoms with van der Waals surface area (Å²) in [6.45, 7) is -5.27. The first kappa shape index (κ1) is 31.3. The standard InChI is InChI=1S/C24H24F3N2O11PS/c1-34-13-3-7-15(8-4-13)39-41(42,40-16-9-5-14(35-2)6-10-16)36-12-24(22(25)26)19(31)18(30)21(37-24)29-11-17(38-27)20(32)28-23(29)33/h3-11,18-19,21-22,30-31H,12H2,1-2H3,(H,28,32,33)/t18-,19+,21-,24-/m1/s1. The third kappa shape index (κ3) is 6.40. The van der Waals surface area contributed by atoms with Gasteiger partial charge in [-0.1, -0.05) is 0 Å². The Hall–Kier alpha value is -3.60. The summed E-state index contributed by atoms with van der Waals surface area (Å²) in [5.74, 6) is 0.143. The fourth-order valence-corrected chi connectivity index (χ4v) is 5.82. The Morgan fingerprint density at radius 2 is 1.50 bits per heavy atom. The number of nitrogens with zero attached hydrogens (tertiary/aromatic N) is 1. The molecule has 3 aromatic rings. The van der Waals surface area contributed by atoms with Gasteiger partial charge >= 0.3 is 18.0 Å². The lowest BCUT2D eigenvalue weighted by molar-refractivity contribution is -0.192. The van der Waals surface area contributed by atoms with Crippen LogP contribution in [0.4, 0.5) is 13.3 Å². The van der Waals surface area contributed by atoms with Crippen molar-refractivity contribution in [1.29, 1.82) is 0 Å². The summed E-state index contributed by atoms with van der Waals surface area (Å²) in [7, 11) is 2.89. The number of ether oxygens (including phenoxy) is 3. The van der Waals surface area contributed by atoms with Gasteiger partial charge in [0.1, 0.15) is 35.2 Å². The normalized spacial score (nSPS) is 22.1. The summed E-state index contributed by atoms with van der Waals surface area (Å²) < 4.78 is 75.0. The van der Waals surface area contributed by atoms with Crippen LogP contribution in [0.25, 0.3) is 0 Å². The fraction of sp³-hybridized carbons (Fsp3) is 0.333. The lowest BCUT2D eigenvalue weighted by atomic mass is 9.96. The average molecular weight is 636 g/mol. The number of methoxy groups -OCH3 is 2. The zero-order chi connectivity index (χ0) is 30.7. The first-order chi connectivity index (χ1) is 19.9. The molecule has 228 valence electrons. The zero-order valence-corrected chi connectivity index (χ0v) is 23.4. The van der Waals surface area contributed by atoms with Gasteiger partial charge in [0.15, 0.2) is 11.8 Å². The molecule has 1 fully saturated rings. The van der Waals surface area contributed by atoms with E-state index in [9.17, 15) is 33.1 Å². The number of aromatic amines is 1. The Labute approximate surface area is 240 Å². The number of H-pyrrole nitrogens is 1. The van der Waals surface area contributed by atoms with E-state index in [0.29, 0.717) is 22.3 Å². The van der Waals surface area contributed by atoms with Crippen LogP contribution >= 0.6 is 6.72 Å². The van der Waals surface area contributed by atoms with Gasteiger partial charge in [0.05, 0.1) is 27.0 Å². The quantitative estimate of drug-likeness (QED) is 0.250. The van der Waals surface area contributed by atoms with Crippen molar-refractivity contribution >= 4 is 18.5 Å². The van der Waals surface area contributed by atoms with E-state index < -0.39 is 60.8 Å². The second-order valence-corrected chi connectivity index (χ2v) is 11.6. The average Bonchev–Trinajstić information content (AvgIpc) is 3.23. The van der Waals surface area contributed by atoms with Crippen LogP contribution in [0.5, 0.6) is 28.7 Å². The SMILES string of the molecule is COc1ccc(OP(=S)(OC[C@@]2(C(F)F)O[C@@H](n3cc(OF)c(=O)[nH]c3=O)[C@H](O)[C@@H]2O)Oc2ccc(OC)cc2)cc1. The van der Waals surface area contributed by atoms with Crippen LogP contribution in [0.3, 0.4) is 0 Å². The monoisotopic (exact) mass is 636 g/mol. The Morgan fingerprint density at radius 1 is 1.00 bits per heavy atom. The van der Waals surface area contributed by atoms with Crippen LogP contribution in [0.15, 0.2) is 64.3 Å². The zero-order valence-electron chi connectivity index (χ0n) is 21.7. The third-order valence-electron chi connectivity index (χ3n) is 6.12. The molecule has 42 heavy (non-hydrogen) atoms. The van der Waals surface area contributed by atoms with E-state index in [2.05, 4.69) is 4.94 Å². The lowest BCUT2D eigenvalue weighted by Crippen LogP contribution is -2.52. The molecule has 4 rings (SSSR count). The molecule has 0 saturated carbocycles. The van der Waals surface area contributed by atoms with Crippen molar-refractivity contribution in [2.75, 3.05) is 20.8 Å². The first-order valence-electron chi connectivity index (χ1n) is 11.8. The number of aromatic nitrogens is 2. The van der Waals surface area contributed by atoms with Crippen LogP contribution in [0.2, 0.25) is 0 Å². The maximum absolute atomic E-state index is 14.6. The van der Waals surface area contributed by atoms with Gasteiger partial charge in [-0.25, -0.2) is 13.6 Å². The summed E-state index contributed by atoms with van der Waals surface area (Å²) in [5, 5.41) is 21.3. The van der Waals surface area contributed by atoms with E-state index in [0.717, 1.165) is 0 Å². The number of hydrogen-bond donors (Lipinski definition) is 3. The molecule has 0 spiro atoms. The molecule has 18 heteroatoms. The second kappa shape index (κ2) is 12.7. The largest absolute Gasteiger partial charge is 0.497 e. The summed E-state index contributed by atoms with van der Waals surface area (Å²) in [6.07, 6.45) is -9.69. The van der Waals surface area contributed by atoms with Crippen molar-refractivity contribution in [2.45, 2.75) is 30.5 Å². The van der Waals surface area contributed by atoms with Gasteiger partial charge in [-0.05, 0) is 48.5 Å². The van der Waals surface area contributed by atoms with Gasteiger partial charge in [-0.3, -0.25) is 23.8 Å². The van der Waals surface area contributed by atoms with E-state index in [-0.39, 0.29) is 11.5 Å². The summed E-state index contributed by atoms with van der Waals surface area (Å²) in [5.41, 5.74) is -5.56. The van der Waals surface area contributed by atoms with Crippen LogP contribution in [-0.2, 0) is 21.1 Å². The molecular weight excluding hydrogens is 612 g/mol. The van der Waals surface area contributed by atoms with E-state index in [1.165, 1.54) is 62.8 Å². The van der Waals surface area contributed by atoms with E-state index in [1.807, 2.05) is 0 Å². The van der Waals surface area contributed by atoms with Crippen molar-refractivity contribution in [3.8, 4) is 28.7 Å². The van der Waals surface area contributed by atoms with Gasteiger partial charge in [0.25, 0.3) is 12.2 Å². The maximum Gasteiger partial charge on any atom is 0.435 e. The molecule has 0 unspecified atom stereocenters. The Kier molecular flexibility index (Phi) is 9.50. The predicted octanol–water partition coefficient (Wildman–Crippen LogP) is 2.47. The number of halogens is 3. The third-order valence-corrected chi connectivity index (χ3v) is 8.20. The lowest BCUT2D eigenvalue weighted by Gasteiger charge is -2.33.